The molecule has 0 bridgehead atoms. The van der Waals surface area contributed by atoms with Gasteiger partial charge in [0.2, 0.25) is 0 Å². The molecule has 2 heteroatoms. The van der Waals surface area contributed by atoms with Crippen molar-refractivity contribution in [2.45, 2.75) is 19.3 Å². The molecule has 1 aliphatic carbocycles. The molecule has 2 heterocycles. The van der Waals surface area contributed by atoms with E-state index in [1.807, 2.05) is 6.07 Å². The highest BCUT2D eigenvalue weighted by Gasteiger charge is 2.38. The van der Waals surface area contributed by atoms with Crippen LogP contribution in [0.15, 0.2) is 156 Å². The van der Waals surface area contributed by atoms with Gasteiger partial charge in [0.05, 0.1) is 11.0 Å². The molecule has 0 unspecified atom stereocenters. The second-order valence-corrected chi connectivity index (χ2v) is 14.1. The van der Waals surface area contributed by atoms with Crippen LogP contribution >= 0.6 is 0 Å². The summed E-state index contributed by atoms with van der Waals surface area (Å²) in [5.41, 5.74) is 13.0. The molecule has 49 heavy (non-hydrogen) atoms. The van der Waals surface area contributed by atoms with Gasteiger partial charge in [0.15, 0.2) is 0 Å². The van der Waals surface area contributed by atoms with Crippen LogP contribution in [0.5, 0.6) is 0 Å². The third-order valence-corrected chi connectivity index (χ3v) is 11.2. The van der Waals surface area contributed by atoms with Crippen LogP contribution in [0, 0.1) is 0 Å². The van der Waals surface area contributed by atoms with Gasteiger partial charge in [-0.3, -0.25) is 0 Å². The lowest BCUT2D eigenvalue weighted by molar-refractivity contribution is 0.653. The second-order valence-electron chi connectivity index (χ2n) is 14.1. The molecule has 230 valence electrons. The van der Waals surface area contributed by atoms with Crippen molar-refractivity contribution in [2.75, 3.05) is 0 Å². The Morgan fingerprint density at radius 2 is 1.16 bits per heavy atom. The predicted molar refractivity (Wildman–Crippen MR) is 206 cm³/mol. The molecule has 2 aromatic heterocycles. The lowest BCUT2D eigenvalue weighted by atomic mass is 9.82. The van der Waals surface area contributed by atoms with E-state index in [0.717, 1.165) is 11.2 Å². The Labute approximate surface area is 283 Å². The number of fused-ring (bicyclic) bond motifs is 13. The number of rotatable bonds is 2. The first-order chi connectivity index (χ1) is 24.0. The van der Waals surface area contributed by atoms with Crippen LogP contribution in [0.25, 0.3) is 93.2 Å². The van der Waals surface area contributed by atoms with Crippen molar-refractivity contribution < 1.29 is 4.42 Å². The Kier molecular flexibility index (Phi) is 5.21. The summed E-state index contributed by atoms with van der Waals surface area (Å²) in [6.45, 7) is 4.70. The molecule has 0 saturated carbocycles. The van der Waals surface area contributed by atoms with Gasteiger partial charge in [-0.25, -0.2) is 0 Å². The normalized spacial score (nSPS) is 13.7. The molecule has 8 aromatic carbocycles. The third kappa shape index (κ3) is 3.61. The van der Waals surface area contributed by atoms with Crippen LogP contribution in [0.4, 0.5) is 0 Å². The van der Waals surface area contributed by atoms with Crippen molar-refractivity contribution in [3.63, 3.8) is 0 Å². The summed E-state index contributed by atoms with van der Waals surface area (Å²) in [6.07, 6.45) is 0. The Bertz CT molecular complexity index is 3020. The van der Waals surface area contributed by atoms with Gasteiger partial charge in [-0.2, -0.15) is 0 Å². The first-order valence-electron chi connectivity index (χ1n) is 17.1. The molecule has 0 saturated heterocycles. The number of aromatic nitrogens is 1. The van der Waals surface area contributed by atoms with Crippen LogP contribution in [0.2, 0.25) is 0 Å². The quantitative estimate of drug-likeness (QED) is 0.175. The molecule has 2 nitrogen and oxygen atoms in total. The van der Waals surface area contributed by atoms with Crippen LogP contribution in [0.3, 0.4) is 0 Å². The standard InChI is InChI=1S/C47H31NO/c1-47(2)40-23-22-37-36-12-6-8-14-44(36)49-46(37)45(40)38-21-19-32(27-41(38)47)48-42-13-7-5-11-35(42)39-26-30(18-24-43(39)48)29-17-20-34-31(25-29)16-15-28-9-3-4-10-33(28)34/h3-27H,1-2H3. The van der Waals surface area contributed by atoms with Gasteiger partial charge >= 0.3 is 0 Å². The van der Waals surface area contributed by atoms with Crippen LogP contribution in [-0.4, -0.2) is 4.57 Å². The van der Waals surface area contributed by atoms with Gasteiger partial charge in [-0.05, 0) is 91.8 Å². The topological polar surface area (TPSA) is 18.1 Å². The van der Waals surface area contributed by atoms with Crippen molar-refractivity contribution in [1.82, 2.24) is 4.57 Å². The molecule has 10 aromatic rings. The number of hydrogen-bond acceptors (Lipinski definition) is 1. The lowest BCUT2D eigenvalue weighted by Crippen LogP contribution is -2.15. The smallest absolute Gasteiger partial charge is 0.143 e. The maximum absolute atomic E-state index is 6.55. The van der Waals surface area contributed by atoms with Crippen molar-refractivity contribution in [3.8, 4) is 27.9 Å². The van der Waals surface area contributed by atoms with Crippen molar-refractivity contribution >= 4 is 65.3 Å². The predicted octanol–water partition coefficient (Wildman–Crippen LogP) is 13.0. The van der Waals surface area contributed by atoms with Gasteiger partial charge < -0.3 is 8.98 Å². The molecule has 0 amide bonds. The summed E-state index contributed by atoms with van der Waals surface area (Å²) in [5, 5.41) is 10.0. The molecule has 0 radical (unpaired) electrons. The van der Waals surface area contributed by atoms with Gasteiger partial charge in [-0.1, -0.05) is 123 Å². The van der Waals surface area contributed by atoms with Crippen molar-refractivity contribution in [1.29, 1.82) is 0 Å². The van der Waals surface area contributed by atoms with E-state index in [1.54, 1.807) is 0 Å². The van der Waals surface area contributed by atoms with Gasteiger partial charge in [0, 0.05) is 38.2 Å². The summed E-state index contributed by atoms with van der Waals surface area (Å²) in [6, 6.07) is 55.7. The highest BCUT2D eigenvalue weighted by Crippen LogP contribution is 2.53. The summed E-state index contributed by atoms with van der Waals surface area (Å²) in [4.78, 5) is 0. The van der Waals surface area contributed by atoms with E-state index in [-0.39, 0.29) is 5.41 Å². The zero-order chi connectivity index (χ0) is 32.4. The zero-order valence-electron chi connectivity index (χ0n) is 27.3. The fraction of sp³-hybridized carbons (Fsp3) is 0.0638. The largest absolute Gasteiger partial charge is 0.455 e. The van der Waals surface area contributed by atoms with Gasteiger partial charge in [0.25, 0.3) is 0 Å². The molecule has 0 spiro atoms. The number of furan rings is 1. The molecule has 0 N–H and O–H groups in total. The number of nitrogens with zero attached hydrogens (tertiary/aromatic N) is 1. The van der Waals surface area contributed by atoms with E-state index in [1.165, 1.54) is 93.2 Å². The highest BCUT2D eigenvalue weighted by atomic mass is 16.3. The molecule has 0 fully saturated rings. The molecule has 0 aliphatic heterocycles. The van der Waals surface area contributed by atoms with E-state index in [9.17, 15) is 0 Å². The first kappa shape index (κ1) is 26.9. The average Bonchev–Trinajstić information content (AvgIpc) is 3.76. The Morgan fingerprint density at radius 3 is 2.08 bits per heavy atom. The van der Waals surface area contributed by atoms with E-state index in [0.29, 0.717) is 0 Å². The maximum atomic E-state index is 6.55. The van der Waals surface area contributed by atoms with Crippen LogP contribution in [0.1, 0.15) is 25.0 Å². The number of benzene rings is 8. The minimum Gasteiger partial charge on any atom is -0.455 e. The molecular formula is C47H31NO. The van der Waals surface area contributed by atoms with E-state index >= 15 is 0 Å². The second kappa shape index (κ2) is 9.49. The fourth-order valence-electron chi connectivity index (χ4n) is 8.75. The third-order valence-electron chi connectivity index (χ3n) is 11.2. The molecule has 1 aliphatic rings. The fourth-order valence-corrected chi connectivity index (χ4v) is 8.75. The van der Waals surface area contributed by atoms with E-state index in [4.69, 9.17) is 4.42 Å². The molecule has 0 atom stereocenters. The Balaban J connectivity index is 1.09. The van der Waals surface area contributed by atoms with Gasteiger partial charge in [0.1, 0.15) is 11.2 Å². The summed E-state index contributed by atoms with van der Waals surface area (Å²) >= 11 is 0. The average molecular weight is 626 g/mol. The lowest BCUT2D eigenvalue weighted by Gasteiger charge is -2.22. The zero-order valence-corrected chi connectivity index (χ0v) is 27.3. The monoisotopic (exact) mass is 625 g/mol. The number of hydrogen-bond donors (Lipinski definition) is 0. The Morgan fingerprint density at radius 1 is 0.469 bits per heavy atom. The Hall–Kier alpha value is -6.12. The van der Waals surface area contributed by atoms with E-state index < -0.39 is 0 Å². The van der Waals surface area contributed by atoms with Crippen LogP contribution < -0.4 is 0 Å². The van der Waals surface area contributed by atoms with Crippen LogP contribution in [-0.2, 0) is 5.41 Å². The van der Waals surface area contributed by atoms with Crippen molar-refractivity contribution in [3.05, 3.63) is 163 Å². The molecular weight excluding hydrogens is 595 g/mol. The van der Waals surface area contributed by atoms with Gasteiger partial charge in [-0.15, -0.1) is 0 Å². The first-order valence-corrected chi connectivity index (χ1v) is 17.1. The SMILES string of the molecule is CC1(C)c2cc(-n3c4ccccc4c4cc(-c5ccc6c(ccc7ccccc76)c5)ccc43)ccc2-c2c1ccc1c2oc2ccccc21. The summed E-state index contributed by atoms with van der Waals surface area (Å²) in [5.74, 6) is 0. The maximum Gasteiger partial charge on any atom is 0.143 e. The summed E-state index contributed by atoms with van der Waals surface area (Å²) < 4.78 is 8.99. The molecule has 11 rings (SSSR count). The van der Waals surface area contributed by atoms with Crippen molar-refractivity contribution in [2.24, 2.45) is 0 Å². The highest BCUT2D eigenvalue weighted by molar-refractivity contribution is 6.13. The summed E-state index contributed by atoms with van der Waals surface area (Å²) in [7, 11) is 0. The minimum absolute atomic E-state index is 0.165. The minimum atomic E-state index is -0.165. The van der Waals surface area contributed by atoms with E-state index in [2.05, 4.69) is 164 Å². The number of para-hydroxylation sites is 2.